The molecule has 0 radical (unpaired) electrons. The average molecular weight is 526 g/mol. The van der Waals surface area contributed by atoms with Gasteiger partial charge in [-0.2, -0.15) is 13.2 Å². The Balaban J connectivity index is 1.86. The number of hydrogen-bond acceptors (Lipinski definition) is 4. The Morgan fingerprint density at radius 1 is 1.11 bits per heavy atom. The molecule has 1 amide bonds. The maximum absolute atomic E-state index is 14.4. The number of carbonyl (C=O) groups is 2. The maximum atomic E-state index is 14.4. The quantitative estimate of drug-likeness (QED) is 0.337. The standard InChI is InChI=1S/C25H24F6N4O2/c1-12-19(15-7-6-14(10-17(15)26)25(29,30)31)34-23(33-12)35-22(37)16-9-13(11-32-20(16)21(27)28)5-8-18(36)24(2,3)4/h6-7,9-11,21H,5,8H2,1-4H3,(H2,33,34,35,37). The largest absolute Gasteiger partial charge is 0.416 e. The van der Waals surface area contributed by atoms with Crippen molar-refractivity contribution in [2.45, 2.75) is 53.1 Å². The molecule has 6 nitrogen and oxygen atoms in total. The normalized spacial score (nSPS) is 12.2. The lowest BCUT2D eigenvalue weighted by Crippen LogP contribution is -2.21. The molecule has 2 N–H and O–H groups in total. The summed E-state index contributed by atoms with van der Waals surface area (Å²) in [5.41, 5.74) is -2.67. The molecule has 37 heavy (non-hydrogen) atoms. The van der Waals surface area contributed by atoms with Gasteiger partial charge in [-0.15, -0.1) is 0 Å². The average Bonchev–Trinajstić information content (AvgIpc) is 3.15. The summed E-state index contributed by atoms with van der Waals surface area (Å²) in [6, 6.07) is 3.15. The van der Waals surface area contributed by atoms with Gasteiger partial charge in [-0.05, 0) is 43.2 Å². The van der Waals surface area contributed by atoms with Gasteiger partial charge in [0.2, 0.25) is 5.95 Å². The van der Waals surface area contributed by atoms with E-state index in [1.807, 2.05) is 0 Å². The Labute approximate surface area is 208 Å². The number of nitrogens with zero attached hydrogens (tertiary/aromatic N) is 2. The van der Waals surface area contributed by atoms with Crippen molar-refractivity contribution in [1.29, 1.82) is 0 Å². The number of aromatic nitrogens is 3. The van der Waals surface area contributed by atoms with E-state index < -0.39 is 46.6 Å². The van der Waals surface area contributed by atoms with Gasteiger partial charge in [0.25, 0.3) is 12.3 Å². The van der Waals surface area contributed by atoms with Gasteiger partial charge in [0.15, 0.2) is 0 Å². The Morgan fingerprint density at radius 2 is 1.78 bits per heavy atom. The Hall–Kier alpha value is -3.70. The Bertz CT molecular complexity index is 1330. The van der Waals surface area contributed by atoms with Crippen LogP contribution in [0.25, 0.3) is 11.3 Å². The molecule has 0 spiro atoms. The van der Waals surface area contributed by atoms with Crippen molar-refractivity contribution >= 4 is 17.6 Å². The molecule has 0 fully saturated rings. The van der Waals surface area contributed by atoms with Crippen molar-refractivity contribution in [2.24, 2.45) is 5.41 Å². The highest BCUT2D eigenvalue weighted by atomic mass is 19.4. The van der Waals surface area contributed by atoms with Crippen LogP contribution in [0.1, 0.15) is 66.5 Å². The summed E-state index contributed by atoms with van der Waals surface area (Å²) >= 11 is 0. The zero-order valence-electron chi connectivity index (χ0n) is 20.4. The monoisotopic (exact) mass is 526 g/mol. The molecule has 0 bridgehead atoms. The van der Waals surface area contributed by atoms with Gasteiger partial charge >= 0.3 is 6.18 Å². The van der Waals surface area contributed by atoms with Crippen LogP contribution >= 0.6 is 0 Å². The van der Waals surface area contributed by atoms with E-state index >= 15 is 0 Å². The predicted molar refractivity (Wildman–Crippen MR) is 124 cm³/mol. The first-order chi connectivity index (χ1) is 17.1. The number of aromatic amines is 1. The minimum Gasteiger partial charge on any atom is -0.328 e. The van der Waals surface area contributed by atoms with Gasteiger partial charge < -0.3 is 4.98 Å². The third-order valence-electron chi connectivity index (χ3n) is 5.57. The lowest BCUT2D eigenvalue weighted by atomic mass is 9.87. The number of imidazole rings is 1. The van der Waals surface area contributed by atoms with Gasteiger partial charge in [-0.25, -0.2) is 18.2 Å². The molecular weight excluding hydrogens is 502 g/mol. The third kappa shape index (κ3) is 6.55. The number of hydrogen-bond donors (Lipinski definition) is 2. The molecule has 198 valence electrons. The molecule has 2 aromatic heterocycles. The Kier molecular flexibility index (Phi) is 7.80. The molecule has 0 aliphatic carbocycles. The van der Waals surface area contributed by atoms with Crippen LogP contribution < -0.4 is 5.32 Å². The molecule has 0 saturated carbocycles. The lowest BCUT2D eigenvalue weighted by Gasteiger charge is -2.16. The summed E-state index contributed by atoms with van der Waals surface area (Å²) in [7, 11) is 0. The highest BCUT2D eigenvalue weighted by Gasteiger charge is 2.31. The SMILES string of the molecule is Cc1[nH]c(NC(=O)c2cc(CCC(=O)C(C)(C)C)cnc2C(F)F)nc1-c1ccc(C(F)(F)F)cc1F. The number of nitrogens with one attached hydrogen (secondary N) is 2. The van der Waals surface area contributed by atoms with Crippen molar-refractivity contribution in [3.63, 3.8) is 0 Å². The van der Waals surface area contributed by atoms with E-state index in [0.29, 0.717) is 17.7 Å². The molecular formula is C25H24F6N4O2. The summed E-state index contributed by atoms with van der Waals surface area (Å²) < 4.78 is 80.0. The molecule has 12 heteroatoms. The molecule has 0 atom stereocenters. The van der Waals surface area contributed by atoms with E-state index in [2.05, 4.69) is 20.3 Å². The number of pyridine rings is 1. The lowest BCUT2D eigenvalue weighted by molar-refractivity contribution is -0.137. The van der Waals surface area contributed by atoms with Gasteiger partial charge in [0.05, 0.1) is 16.8 Å². The fourth-order valence-electron chi connectivity index (χ4n) is 3.48. The number of ketones is 1. The predicted octanol–water partition coefficient (Wildman–Crippen LogP) is 6.68. The van der Waals surface area contributed by atoms with Crippen LogP contribution in [-0.2, 0) is 17.4 Å². The summed E-state index contributed by atoms with van der Waals surface area (Å²) in [5.74, 6) is -2.44. The minimum absolute atomic E-state index is 0.0504. The number of halogens is 6. The number of benzene rings is 1. The van der Waals surface area contributed by atoms with Crippen LogP contribution in [0, 0.1) is 18.2 Å². The first-order valence-corrected chi connectivity index (χ1v) is 11.1. The summed E-state index contributed by atoms with van der Waals surface area (Å²) in [6.45, 7) is 6.71. The number of Topliss-reactive ketones (excluding diaryl/α,β-unsaturated/α-hetero) is 1. The number of alkyl halides is 5. The summed E-state index contributed by atoms with van der Waals surface area (Å²) in [6.07, 6.45) is -6.31. The number of anilines is 1. The second-order valence-corrected chi connectivity index (χ2v) is 9.46. The van der Waals surface area contributed by atoms with E-state index in [-0.39, 0.29) is 41.5 Å². The van der Waals surface area contributed by atoms with Crippen molar-refractivity contribution in [2.75, 3.05) is 5.32 Å². The fourth-order valence-corrected chi connectivity index (χ4v) is 3.48. The van der Waals surface area contributed by atoms with E-state index in [1.54, 1.807) is 20.8 Å². The first-order valence-electron chi connectivity index (χ1n) is 11.1. The zero-order chi connectivity index (χ0) is 27.7. The van der Waals surface area contributed by atoms with Crippen LogP contribution in [-0.4, -0.2) is 26.6 Å². The van der Waals surface area contributed by atoms with Crippen LogP contribution in [0.5, 0.6) is 0 Å². The molecule has 0 saturated heterocycles. The van der Waals surface area contributed by atoms with Crippen molar-refractivity contribution in [3.05, 3.63) is 64.4 Å². The van der Waals surface area contributed by atoms with E-state index in [9.17, 15) is 35.9 Å². The van der Waals surface area contributed by atoms with Gasteiger partial charge in [-0.3, -0.25) is 19.9 Å². The molecule has 1 aromatic carbocycles. The minimum atomic E-state index is -4.73. The molecule has 3 rings (SSSR count). The summed E-state index contributed by atoms with van der Waals surface area (Å²) in [5, 5.41) is 2.31. The maximum Gasteiger partial charge on any atom is 0.416 e. The number of aryl methyl sites for hydroxylation is 2. The smallest absolute Gasteiger partial charge is 0.328 e. The van der Waals surface area contributed by atoms with Crippen LogP contribution in [0.2, 0.25) is 0 Å². The highest BCUT2D eigenvalue weighted by molar-refractivity contribution is 6.04. The Morgan fingerprint density at radius 3 is 2.35 bits per heavy atom. The molecule has 0 unspecified atom stereocenters. The highest BCUT2D eigenvalue weighted by Crippen LogP contribution is 2.33. The van der Waals surface area contributed by atoms with E-state index in [4.69, 9.17) is 0 Å². The third-order valence-corrected chi connectivity index (χ3v) is 5.57. The topological polar surface area (TPSA) is 87.7 Å². The van der Waals surface area contributed by atoms with Gasteiger partial charge in [0.1, 0.15) is 17.3 Å². The second-order valence-electron chi connectivity index (χ2n) is 9.46. The van der Waals surface area contributed by atoms with Crippen LogP contribution in [0.3, 0.4) is 0 Å². The van der Waals surface area contributed by atoms with Crippen LogP contribution in [0.4, 0.5) is 32.3 Å². The van der Waals surface area contributed by atoms with Crippen molar-refractivity contribution < 1.29 is 35.9 Å². The first kappa shape index (κ1) is 27.9. The number of carbonyl (C=O) groups excluding carboxylic acids is 2. The number of H-pyrrole nitrogens is 1. The van der Waals surface area contributed by atoms with Crippen molar-refractivity contribution in [1.82, 2.24) is 15.0 Å². The molecule has 0 aliphatic heterocycles. The van der Waals surface area contributed by atoms with Gasteiger partial charge in [-0.1, -0.05) is 20.8 Å². The molecule has 0 aliphatic rings. The summed E-state index contributed by atoms with van der Waals surface area (Å²) in [4.78, 5) is 35.4. The zero-order valence-corrected chi connectivity index (χ0v) is 20.4. The van der Waals surface area contributed by atoms with Crippen molar-refractivity contribution in [3.8, 4) is 11.3 Å². The number of rotatable bonds is 7. The molecule has 3 aromatic rings. The van der Waals surface area contributed by atoms with E-state index in [1.165, 1.54) is 19.2 Å². The number of amides is 1. The van der Waals surface area contributed by atoms with E-state index in [0.717, 1.165) is 6.07 Å². The van der Waals surface area contributed by atoms with Gasteiger partial charge in [0, 0.05) is 29.3 Å². The second kappa shape index (κ2) is 10.3. The fraction of sp³-hybridized carbons (Fsp3) is 0.360. The van der Waals surface area contributed by atoms with Crippen LogP contribution in [0.15, 0.2) is 30.5 Å². The molecule has 2 heterocycles.